The number of anilines is 1. The number of hydrogen-bond donors (Lipinski definition) is 1. The molecule has 2 N–H and O–H groups in total. The Bertz CT molecular complexity index is 319. The van der Waals surface area contributed by atoms with E-state index in [1.165, 1.54) is 0 Å². The molecule has 0 heterocycles. The summed E-state index contributed by atoms with van der Waals surface area (Å²) >= 11 is 3.27. The van der Waals surface area contributed by atoms with Crippen molar-refractivity contribution in [2.24, 2.45) is 0 Å². The Labute approximate surface area is 78.9 Å². The van der Waals surface area contributed by atoms with Crippen LogP contribution in [0.4, 0.5) is 5.69 Å². The summed E-state index contributed by atoms with van der Waals surface area (Å²) in [6, 6.07) is 7.13. The maximum absolute atomic E-state index is 8.26. The summed E-state index contributed by atoms with van der Waals surface area (Å²) in [5.74, 6) is 0.533. The van der Waals surface area contributed by atoms with Crippen molar-refractivity contribution in [3.05, 3.63) is 22.7 Å². The van der Waals surface area contributed by atoms with Crippen molar-refractivity contribution in [3.8, 4) is 11.8 Å². The Morgan fingerprint density at radius 1 is 1.58 bits per heavy atom. The van der Waals surface area contributed by atoms with Gasteiger partial charge >= 0.3 is 0 Å². The fourth-order valence-electron chi connectivity index (χ4n) is 0.743. The maximum Gasteiger partial charge on any atom is 0.174 e. The fraction of sp³-hybridized carbons (Fsp3) is 0.125. The molecule has 1 aromatic carbocycles. The first-order valence-electron chi connectivity index (χ1n) is 3.29. The van der Waals surface area contributed by atoms with Crippen molar-refractivity contribution < 1.29 is 4.74 Å². The molecule has 0 unspecified atom stereocenters. The average Bonchev–Trinajstić information content (AvgIpc) is 2.07. The predicted molar refractivity (Wildman–Crippen MR) is 49.7 cm³/mol. The van der Waals surface area contributed by atoms with Gasteiger partial charge in [0.1, 0.15) is 11.8 Å². The Morgan fingerprint density at radius 3 is 3.00 bits per heavy atom. The standard InChI is InChI=1S/C8H7BrN2O/c9-6-1-2-7(11)8(5-6)12-4-3-10/h1-2,5H,4,11H2. The van der Waals surface area contributed by atoms with Crippen molar-refractivity contribution in [1.29, 1.82) is 5.26 Å². The second-order valence-electron chi connectivity index (χ2n) is 2.13. The van der Waals surface area contributed by atoms with Crippen LogP contribution in [0.25, 0.3) is 0 Å². The Hall–Kier alpha value is -1.21. The number of benzene rings is 1. The van der Waals surface area contributed by atoms with E-state index in [-0.39, 0.29) is 6.61 Å². The monoisotopic (exact) mass is 226 g/mol. The van der Waals surface area contributed by atoms with Gasteiger partial charge in [0.05, 0.1) is 5.69 Å². The predicted octanol–water partition coefficient (Wildman–Crippen LogP) is 1.93. The summed E-state index contributed by atoms with van der Waals surface area (Å²) in [7, 11) is 0. The van der Waals surface area contributed by atoms with E-state index in [1.807, 2.05) is 12.1 Å². The maximum atomic E-state index is 8.26. The van der Waals surface area contributed by atoms with Gasteiger partial charge in [-0.1, -0.05) is 15.9 Å². The summed E-state index contributed by atoms with van der Waals surface area (Å²) in [4.78, 5) is 0. The van der Waals surface area contributed by atoms with Gasteiger partial charge in [0, 0.05) is 4.47 Å². The molecular weight excluding hydrogens is 220 g/mol. The highest BCUT2D eigenvalue weighted by molar-refractivity contribution is 9.10. The lowest BCUT2D eigenvalue weighted by Crippen LogP contribution is -1.97. The molecule has 12 heavy (non-hydrogen) atoms. The van der Waals surface area contributed by atoms with Gasteiger partial charge in [0.2, 0.25) is 0 Å². The Kier molecular flexibility index (Phi) is 2.94. The molecule has 0 bridgehead atoms. The smallest absolute Gasteiger partial charge is 0.174 e. The van der Waals surface area contributed by atoms with E-state index >= 15 is 0 Å². The summed E-state index contributed by atoms with van der Waals surface area (Å²) in [5.41, 5.74) is 6.11. The molecule has 0 aliphatic carbocycles. The van der Waals surface area contributed by atoms with Crippen LogP contribution in [0.15, 0.2) is 22.7 Å². The average molecular weight is 227 g/mol. The number of nitrogen functional groups attached to an aromatic ring is 1. The molecule has 1 aromatic rings. The third kappa shape index (κ3) is 2.14. The van der Waals surface area contributed by atoms with Crippen molar-refractivity contribution in [2.45, 2.75) is 0 Å². The molecule has 0 radical (unpaired) electrons. The van der Waals surface area contributed by atoms with Crippen LogP contribution in [0.3, 0.4) is 0 Å². The number of ether oxygens (including phenoxy) is 1. The second-order valence-corrected chi connectivity index (χ2v) is 3.04. The van der Waals surface area contributed by atoms with Crippen LogP contribution in [0, 0.1) is 11.3 Å². The van der Waals surface area contributed by atoms with Gasteiger partial charge in [-0.15, -0.1) is 0 Å². The second kappa shape index (κ2) is 3.98. The van der Waals surface area contributed by atoms with Gasteiger partial charge in [-0.05, 0) is 18.2 Å². The van der Waals surface area contributed by atoms with Crippen LogP contribution >= 0.6 is 15.9 Å². The van der Waals surface area contributed by atoms with Crippen molar-refractivity contribution in [1.82, 2.24) is 0 Å². The van der Waals surface area contributed by atoms with E-state index in [2.05, 4.69) is 15.9 Å². The topological polar surface area (TPSA) is 59.0 Å². The molecule has 0 fully saturated rings. The number of nitriles is 1. The molecule has 0 amide bonds. The summed E-state index contributed by atoms with van der Waals surface area (Å²) < 4.78 is 5.93. The fourth-order valence-corrected chi connectivity index (χ4v) is 1.08. The van der Waals surface area contributed by atoms with E-state index in [0.717, 1.165) is 4.47 Å². The largest absolute Gasteiger partial charge is 0.477 e. The highest BCUT2D eigenvalue weighted by atomic mass is 79.9. The molecule has 3 nitrogen and oxygen atoms in total. The van der Waals surface area contributed by atoms with Crippen LogP contribution in [-0.4, -0.2) is 6.61 Å². The summed E-state index contributed by atoms with van der Waals surface area (Å²) in [5, 5.41) is 8.26. The lowest BCUT2D eigenvalue weighted by molar-refractivity contribution is 0.370. The van der Waals surface area contributed by atoms with E-state index in [0.29, 0.717) is 11.4 Å². The Morgan fingerprint density at radius 2 is 2.33 bits per heavy atom. The van der Waals surface area contributed by atoms with Gasteiger partial charge in [-0.25, -0.2) is 0 Å². The first-order valence-corrected chi connectivity index (χ1v) is 4.08. The zero-order valence-electron chi connectivity index (χ0n) is 6.25. The molecule has 0 spiro atoms. The molecule has 0 aromatic heterocycles. The highest BCUT2D eigenvalue weighted by Gasteiger charge is 1.99. The lowest BCUT2D eigenvalue weighted by Gasteiger charge is -2.04. The molecule has 0 aliphatic rings. The molecule has 0 saturated carbocycles. The number of halogens is 1. The lowest BCUT2D eigenvalue weighted by atomic mass is 10.3. The number of nitrogens with zero attached hydrogens (tertiary/aromatic N) is 1. The Balaban J connectivity index is 2.84. The van der Waals surface area contributed by atoms with Crippen LogP contribution < -0.4 is 10.5 Å². The quantitative estimate of drug-likeness (QED) is 0.785. The van der Waals surface area contributed by atoms with E-state index < -0.39 is 0 Å². The zero-order chi connectivity index (χ0) is 8.97. The normalized spacial score (nSPS) is 9.00. The number of rotatable bonds is 2. The van der Waals surface area contributed by atoms with Crippen molar-refractivity contribution in [2.75, 3.05) is 12.3 Å². The molecule has 4 heteroatoms. The third-order valence-corrected chi connectivity index (χ3v) is 1.76. The third-order valence-electron chi connectivity index (χ3n) is 1.27. The highest BCUT2D eigenvalue weighted by Crippen LogP contribution is 2.25. The number of hydrogen-bond acceptors (Lipinski definition) is 3. The first kappa shape index (κ1) is 8.88. The van der Waals surface area contributed by atoms with E-state index in [9.17, 15) is 0 Å². The van der Waals surface area contributed by atoms with Crippen molar-refractivity contribution in [3.63, 3.8) is 0 Å². The molecular formula is C8H7BrN2O. The van der Waals surface area contributed by atoms with Crippen LogP contribution in [0.1, 0.15) is 0 Å². The van der Waals surface area contributed by atoms with Gasteiger partial charge in [0.25, 0.3) is 0 Å². The van der Waals surface area contributed by atoms with Gasteiger partial charge in [-0.3, -0.25) is 0 Å². The first-order chi connectivity index (χ1) is 5.74. The summed E-state index contributed by atoms with van der Waals surface area (Å²) in [6.45, 7) is 0.0145. The van der Waals surface area contributed by atoms with Crippen molar-refractivity contribution >= 4 is 21.6 Å². The van der Waals surface area contributed by atoms with Crippen LogP contribution in [-0.2, 0) is 0 Å². The minimum atomic E-state index is 0.0145. The minimum absolute atomic E-state index is 0.0145. The van der Waals surface area contributed by atoms with Crippen LogP contribution in [0.5, 0.6) is 5.75 Å². The summed E-state index contributed by atoms with van der Waals surface area (Å²) in [6.07, 6.45) is 0. The van der Waals surface area contributed by atoms with E-state index in [1.54, 1.807) is 12.1 Å². The number of nitrogens with two attached hydrogens (primary N) is 1. The zero-order valence-corrected chi connectivity index (χ0v) is 7.84. The van der Waals surface area contributed by atoms with E-state index in [4.69, 9.17) is 15.7 Å². The SMILES string of the molecule is N#CCOc1cc(Br)ccc1N. The van der Waals surface area contributed by atoms with Gasteiger partial charge in [0.15, 0.2) is 6.61 Å². The molecule has 1 rings (SSSR count). The molecule has 62 valence electrons. The van der Waals surface area contributed by atoms with Crippen LogP contribution in [0.2, 0.25) is 0 Å². The molecule has 0 atom stereocenters. The van der Waals surface area contributed by atoms with Gasteiger partial charge < -0.3 is 10.5 Å². The minimum Gasteiger partial charge on any atom is -0.477 e. The molecule has 0 saturated heterocycles. The molecule has 0 aliphatic heterocycles. The van der Waals surface area contributed by atoms with Gasteiger partial charge in [-0.2, -0.15) is 5.26 Å².